The molecule has 0 radical (unpaired) electrons. The molecule has 0 aromatic carbocycles. The number of aromatic nitrogens is 1. The first-order chi connectivity index (χ1) is 4.70. The minimum Gasteiger partial charge on any atom is -0.337 e. The van der Waals surface area contributed by atoms with Gasteiger partial charge in [-0.05, 0) is 6.92 Å². The molecule has 1 heterocycles. The Labute approximate surface area is 59.2 Å². The van der Waals surface area contributed by atoms with Gasteiger partial charge in [-0.3, -0.25) is 0 Å². The van der Waals surface area contributed by atoms with Gasteiger partial charge in [-0.15, -0.1) is 12.8 Å². The van der Waals surface area contributed by atoms with Gasteiger partial charge in [0.2, 0.25) is 0 Å². The second-order valence-electron chi connectivity index (χ2n) is 1.74. The molecule has 10 heavy (non-hydrogen) atoms. The molecular formula is C7H9NO2. The fourth-order valence-electron chi connectivity index (χ4n) is 0.555. The molecule has 0 fully saturated rings. The van der Waals surface area contributed by atoms with Crippen LogP contribution in [0.15, 0.2) is 15.5 Å². The number of aryl methyl sites for hydroxylation is 2. The Balaban J connectivity index is 0.000000371. The SMILES string of the molecule is C#C.Cc1cn(C)oc1=O. The van der Waals surface area contributed by atoms with Crippen LogP contribution in [-0.4, -0.2) is 4.74 Å². The van der Waals surface area contributed by atoms with Crippen LogP contribution in [0, 0.1) is 19.8 Å². The highest BCUT2D eigenvalue weighted by molar-refractivity contribution is 4.96. The van der Waals surface area contributed by atoms with Crippen LogP contribution in [0.25, 0.3) is 0 Å². The summed E-state index contributed by atoms with van der Waals surface area (Å²) in [5.74, 6) is 0. The van der Waals surface area contributed by atoms with Gasteiger partial charge in [-0.1, -0.05) is 0 Å². The van der Waals surface area contributed by atoms with E-state index in [1.54, 1.807) is 20.2 Å². The Morgan fingerprint density at radius 1 is 1.60 bits per heavy atom. The lowest BCUT2D eigenvalue weighted by Crippen LogP contribution is -1.94. The number of rotatable bonds is 0. The predicted octanol–water partition coefficient (Wildman–Crippen LogP) is 0.536. The minimum absolute atomic E-state index is 0.257. The van der Waals surface area contributed by atoms with E-state index >= 15 is 0 Å². The van der Waals surface area contributed by atoms with E-state index in [9.17, 15) is 4.79 Å². The molecule has 0 aliphatic rings. The lowest BCUT2D eigenvalue weighted by Gasteiger charge is -1.77. The first-order valence-electron chi connectivity index (χ1n) is 2.67. The van der Waals surface area contributed by atoms with Crippen molar-refractivity contribution < 1.29 is 4.52 Å². The van der Waals surface area contributed by atoms with E-state index in [0.29, 0.717) is 5.56 Å². The molecule has 1 aromatic rings. The summed E-state index contributed by atoms with van der Waals surface area (Å²) >= 11 is 0. The quantitative estimate of drug-likeness (QED) is 0.491. The molecule has 3 heteroatoms. The van der Waals surface area contributed by atoms with Gasteiger partial charge >= 0.3 is 5.63 Å². The summed E-state index contributed by atoms with van der Waals surface area (Å²) in [5, 5.41) is 0. The van der Waals surface area contributed by atoms with Gasteiger partial charge in [0, 0.05) is 13.2 Å². The van der Waals surface area contributed by atoms with E-state index in [0.717, 1.165) is 0 Å². The topological polar surface area (TPSA) is 35.1 Å². The Kier molecular flexibility index (Phi) is 3.06. The van der Waals surface area contributed by atoms with Crippen LogP contribution in [-0.2, 0) is 7.05 Å². The molecule has 0 amide bonds. The lowest BCUT2D eigenvalue weighted by atomic mass is 10.4. The largest absolute Gasteiger partial charge is 0.360 e. The van der Waals surface area contributed by atoms with Gasteiger partial charge in [-0.25, -0.2) is 9.53 Å². The normalized spacial score (nSPS) is 8.00. The van der Waals surface area contributed by atoms with Gasteiger partial charge in [0.1, 0.15) is 0 Å². The minimum atomic E-state index is -0.257. The third-order valence-corrected chi connectivity index (χ3v) is 0.924. The highest BCUT2D eigenvalue weighted by Gasteiger charge is 1.94. The second kappa shape index (κ2) is 3.57. The van der Waals surface area contributed by atoms with Crippen LogP contribution in [0.3, 0.4) is 0 Å². The van der Waals surface area contributed by atoms with Crippen molar-refractivity contribution in [3.8, 4) is 12.8 Å². The van der Waals surface area contributed by atoms with Crippen molar-refractivity contribution in [1.82, 2.24) is 4.74 Å². The van der Waals surface area contributed by atoms with Crippen molar-refractivity contribution in [3.05, 3.63) is 22.2 Å². The lowest BCUT2D eigenvalue weighted by molar-refractivity contribution is 0.285. The molecule has 0 atom stereocenters. The fraction of sp³-hybridized carbons (Fsp3) is 0.286. The zero-order valence-electron chi connectivity index (χ0n) is 6.00. The summed E-state index contributed by atoms with van der Waals surface area (Å²) < 4.78 is 5.96. The predicted molar refractivity (Wildman–Crippen MR) is 38.6 cm³/mol. The first-order valence-corrected chi connectivity index (χ1v) is 2.67. The standard InChI is InChI=1S/C5H7NO2.C2H2/c1-4-3-6(2)8-5(4)7;1-2/h3H,1-2H3;1-2H. The molecule has 0 N–H and O–H groups in total. The average molecular weight is 139 g/mol. The maximum atomic E-state index is 10.5. The Morgan fingerprint density at radius 3 is 2.20 bits per heavy atom. The number of nitrogens with zero attached hydrogens (tertiary/aromatic N) is 1. The number of hydrogen-bond acceptors (Lipinski definition) is 2. The Hall–Kier alpha value is -1.43. The van der Waals surface area contributed by atoms with Gasteiger partial charge < -0.3 is 4.52 Å². The van der Waals surface area contributed by atoms with Crippen molar-refractivity contribution >= 4 is 0 Å². The molecule has 0 spiro atoms. The third-order valence-electron chi connectivity index (χ3n) is 0.924. The van der Waals surface area contributed by atoms with E-state index in [1.165, 1.54) is 4.74 Å². The zero-order valence-corrected chi connectivity index (χ0v) is 6.00. The maximum absolute atomic E-state index is 10.5. The molecule has 0 saturated carbocycles. The maximum Gasteiger partial charge on any atom is 0.360 e. The van der Waals surface area contributed by atoms with Crippen LogP contribution in [0.4, 0.5) is 0 Å². The molecule has 1 aromatic heterocycles. The molecule has 0 aliphatic heterocycles. The van der Waals surface area contributed by atoms with Gasteiger partial charge in [-0.2, -0.15) is 0 Å². The monoisotopic (exact) mass is 139 g/mol. The molecule has 54 valence electrons. The summed E-state index contributed by atoms with van der Waals surface area (Å²) in [7, 11) is 1.68. The molecule has 0 saturated heterocycles. The van der Waals surface area contributed by atoms with Crippen molar-refractivity contribution in [2.45, 2.75) is 6.92 Å². The van der Waals surface area contributed by atoms with E-state index in [1.807, 2.05) is 0 Å². The summed E-state index contributed by atoms with van der Waals surface area (Å²) in [5.41, 5.74) is 0.389. The van der Waals surface area contributed by atoms with Gasteiger partial charge in [0.15, 0.2) is 0 Å². The first kappa shape index (κ1) is 8.57. The van der Waals surface area contributed by atoms with Crippen molar-refractivity contribution in [3.63, 3.8) is 0 Å². The molecule has 0 bridgehead atoms. The second-order valence-corrected chi connectivity index (χ2v) is 1.74. The highest BCUT2D eigenvalue weighted by atomic mass is 16.5. The third kappa shape index (κ3) is 1.82. The van der Waals surface area contributed by atoms with Crippen molar-refractivity contribution in [2.75, 3.05) is 0 Å². The summed E-state index contributed by atoms with van der Waals surface area (Å²) in [4.78, 5) is 10.5. The molecule has 3 nitrogen and oxygen atoms in total. The molecule has 0 aliphatic carbocycles. The fourth-order valence-corrected chi connectivity index (χ4v) is 0.555. The van der Waals surface area contributed by atoms with Crippen LogP contribution in [0.1, 0.15) is 5.56 Å². The van der Waals surface area contributed by atoms with Crippen LogP contribution < -0.4 is 5.63 Å². The van der Waals surface area contributed by atoms with E-state index < -0.39 is 0 Å². The van der Waals surface area contributed by atoms with Crippen LogP contribution >= 0.6 is 0 Å². The van der Waals surface area contributed by atoms with Crippen LogP contribution in [0.5, 0.6) is 0 Å². The van der Waals surface area contributed by atoms with Crippen molar-refractivity contribution in [2.24, 2.45) is 7.05 Å². The average Bonchev–Trinajstić information content (AvgIpc) is 2.16. The summed E-state index contributed by atoms with van der Waals surface area (Å²) in [6, 6.07) is 0. The molecule has 1 rings (SSSR count). The van der Waals surface area contributed by atoms with E-state index in [4.69, 9.17) is 0 Å². The Bertz CT molecular complexity index is 267. The number of terminal acetylenes is 1. The number of hydrogen-bond donors (Lipinski definition) is 0. The van der Waals surface area contributed by atoms with E-state index in [2.05, 4.69) is 17.4 Å². The van der Waals surface area contributed by atoms with Gasteiger partial charge in [0.25, 0.3) is 0 Å². The zero-order chi connectivity index (χ0) is 8.15. The molecular weight excluding hydrogens is 130 g/mol. The summed E-state index contributed by atoms with van der Waals surface area (Å²) in [6.07, 6.45) is 9.64. The Morgan fingerprint density at radius 2 is 2.10 bits per heavy atom. The van der Waals surface area contributed by atoms with E-state index in [-0.39, 0.29) is 5.63 Å². The smallest absolute Gasteiger partial charge is 0.337 e. The van der Waals surface area contributed by atoms with Crippen LogP contribution in [0.2, 0.25) is 0 Å². The van der Waals surface area contributed by atoms with Gasteiger partial charge in [0.05, 0.1) is 5.56 Å². The highest BCUT2D eigenvalue weighted by Crippen LogP contribution is 1.84. The van der Waals surface area contributed by atoms with Crippen molar-refractivity contribution in [1.29, 1.82) is 0 Å². The summed E-state index contributed by atoms with van der Waals surface area (Å²) in [6.45, 7) is 1.71. The molecule has 0 unspecified atom stereocenters.